The van der Waals surface area contributed by atoms with Crippen molar-refractivity contribution in [3.8, 4) is 17.2 Å². The molecule has 7 nitrogen and oxygen atoms in total. The van der Waals surface area contributed by atoms with Crippen LogP contribution in [0.5, 0.6) is 17.2 Å². The Balaban J connectivity index is 2.59. The van der Waals surface area contributed by atoms with Gasteiger partial charge in [-0.25, -0.2) is 0 Å². The molecule has 0 spiro atoms. The quantitative estimate of drug-likeness (QED) is 0.242. The summed E-state index contributed by atoms with van der Waals surface area (Å²) in [5, 5.41) is 6.41. The van der Waals surface area contributed by atoms with Crippen molar-refractivity contribution in [3.05, 3.63) is 52.4 Å². The Kier molecular flexibility index (Phi) is 8.00. The topological polar surface area (TPSA) is 81.5 Å². The highest BCUT2D eigenvalue weighted by Crippen LogP contribution is 2.33. The van der Waals surface area contributed by atoms with Crippen LogP contribution in [0.1, 0.15) is 25.0 Å². The van der Waals surface area contributed by atoms with Crippen molar-refractivity contribution in [1.82, 2.24) is 5.43 Å². The number of hydrogen-bond acceptors (Lipinski definition) is 7. The lowest BCUT2D eigenvalue weighted by molar-refractivity contribution is -0.0595. The number of hydrazone groups is 1. The van der Waals surface area contributed by atoms with E-state index < -0.39 is 11.9 Å². The van der Waals surface area contributed by atoms with Crippen LogP contribution < -0.4 is 19.6 Å². The Labute approximate surface area is 177 Å². The van der Waals surface area contributed by atoms with Gasteiger partial charge in [-0.1, -0.05) is 6.07 Å². The van der Waals surface area contributed by atoms with Gasteiger partial charge in [0.15, 0.2) is 11.5 Å². The zero-order valence-corrected chi connectivity index (χ0v) is 17.4. The van der Waals surface area contributed by atoms with Crippen LogP contribution >= 0.6 is 0 Å². The zero-order valence-electron chi connectivity index (χ0n) is 17.4. The second-order valence-electron chi connectivity index (χ2n) is 6.18. The Morgan fingerprint density at radius 3 is 2.39 bits per heavy atom. The number of hydrogen-bond donors (Lipinski definition) is 1. The highest BCUT2D eigenvalue weighted by molar-refractivity contribution is 5.90. The normalized spacial score (nSPS) is 12.4. The van der Waals surface area contributed by atoms with E-state index in [2.05, 4.69) is 15.7 Å². The van der Waals surface area contributed by atoms with Crippen molar-refractivity contribution in [2.75, 3.05) is 20.8 Å². The van der Waals surface area contributed by atoms with Gasteiger partial charge < -0.3 is 14.2 Å². The number of benzene rings is 2. The molecular formula is C21H22F3N3O4. The maximum atomic E-state index is 12.9. The molecule has 0 unspecified atom stereocenters. The molecule has 0 amide bonds. The third-order valence-electron chi connectivity index (χ3n) is 4.14. The lowest BCUT2D eigenvalue weighted by atomic mass is 10.1. The maximum absolute atomic E-state index is 12.9. The number of alkyl halides is 3. The molecule has 2 aromatic rings. The summed E-state index contributed by atoms with van der Waals surface area (Å²) in [6.07, 6.45) is -3.09. The molecule has 2 aromatic carbocycles. The van der Waals surface area contributed by atoms with Crippen molar-refractivity contribution in [2.24, 2.45) is 10.3 Å². The van der Waals surface area contributed by atoms with E-state index in [9.17, 15) is 18.1 Å². The van der Waals surface area contributed by atoms with Gasteiger partial charge in [0.05, 0.1) is 26.5 Å². The van der Waals surface area contributed by atoms with E-state index >= 15 is 0 Å². The predicted octanol–water partition coefficient (Wildman–Crippen LogP) is 5.53. The summed E-state index contributed by atoms with van der Waals surface area (Å²) >= 11 is 0. The summed E-state index contributed by atoms with van der Waals surface area (Å²) in [6.45, 7) is 2.98. The first-order valence-electron chi connectivity index (χ1n) is 9.15. The molecular weight excluding hydrogens is 415 g/mol. The number of halogens is 3. The number of nitrogens with zero attached hydrogens (tertiary/aromatic N) is 2. The molecule has 166 valence electrons. The summed E-state index contributed by atoms with van der Waals surface area (Å²) in [5.41, 5.74) is 2.21. The van der Waals surface area contributed by atoms with E-state index in [1.165, 1.54) is 32.4 Å². The summed E-state index contributed by atoms with van der Waals surface area (Å²) < 4.78 is 54.5. The van der Waals surface area contributed by atoms with Crippen LogP contribution in [0.4, 0.5) is 18.9 Å². The summed E-state index contributed by atoms with van der Waals surface area (Å²) in [7, 11) is 2.94. The van der Waals surface area contributed by atoms with Crippen molar-refractivity contribution >= 4 is 23.2 Å². The average Bonchev–Trinajstić information content (AvgIpc) is 2.75. The van der Waals surface area contributed by atoms with Gasteiger partial charge in [-0.15, -0.1) is 4.91 Å². The van der Waals surface area contributed by atoms with Crippen molar-refractivity contribution in [3.63, 3.8) is 0 Å². The van der Waals surface area contributed by atoms with E-state index in [1.807, 2.05) is 0 Å². The Hall–Kier alpha value is -3.56. The van der Waals surface area contributed by atoms with Gasteiger partial charge in [0.25, 0.3) is 0 Å². The minimum absolute atomic E-state index is 0.0231. The first kappa shape index (κ1) is 23.7. The molecule has 0 aromatic heterocycles. The van der Waals surface area contributed by atoms with Gasteiger partial charge in [0, 0.05) is 11.6 Å². The van der Waals surface area contributed by atoms with E-state index in [-0.39, 0.29) is 16.9 Å². The fourth-order valence-corrected chi connectivity index (χ4v) is 2.56. The molecule has 10 heteroatoms. The van der Waals surface area contributed by atoms with Crippen LogP contribution in [-0.4, -0.2) is 32.7 Å². The van der Waals surface area contributed by atoms with Gasteiger partial charge in [0.2, 0.25) is 0 Å². The molecule has 0 fully saturated rings. The molecule has 0 saturated heterocycles. The zero-order chi connectivity index (χ0) is 23.0. The largest absolute Gasteiger partial charge is 0.494 e. The van der Waals surface area contributed by atoms with Crippen LogP contribution in [0.2, 0.25) is 0 Å². The summed E-state index contributed by atoms with van der Waals surface area (Å²) in [5.74, 6) is 1.31. The van der Waals surface area contributed by atoms with Gasteiger partial charge in [-0.05, 0) is 54.9 Å². The minimum Gasteiger partial charge on any atom is -0.494 e. The highest BCUT2D eigenvalue weighted by Gasteiger charge is 2.32. The average molecular weight is 437 g/mol. The second-order valence-corrected chi connectivity index (χ2v) is 6.18. The lowest BCUT2D eigenvalue weighted by Crippen LogP contribution is -2.22. The molecule has 2 rings (SSSR count). The van der Waals surface area contributed by atoms with Crippen LogP contribution in [0, 0.1) is 4.91 Å². The molecule has 31 heavy (non-hydrogen) atoms. The van der Waals surface area contributed by atoms with Crippen LogP contribution in [-0.2, 0) is 0 Å². The van der Waals surface area contributed by atoms with Gasteiger partial charge in [-0.2, -0.15) is 18.3 Å². The Bertz CT molecular complexity index is 988. The molecule has 0 aliphatic carbocycles. The fourth-order valence-electron chi connectivity index (χ4n) is 2.56. The Morgan fingerprint density at radius 2 is 1.81 bits per heavy atom. The summed E-state index contributed by atoms with van der Waals surface area (Å²) in [6, 6.07) is 9.44. The van der Waals surface area contributed by atoms with Gasteiger partial charge in [-0.3, -0.25) is 5.43 Å². The Morgan fingerprint density at radius 1 is 1.10 bits per heavy atom. The number of nitroso groups, excluding NO2 is 1. The van der Waals surface area contributed by atoms with E-state index in [4.69, 9.17) is 14.2 Å². The van der Waals surface area contributed by atoms with Crippen molar-refractivity contribution in [2.45, 2.75) is 20.0 Å². The van der Waals surface area contributed by atoms with E-state index in [0.29, 0.717) is 29.4 Å². The molecule has 1 N–H and O–H groups in total. The third-order valence-corrected chi connectivity index (χ3v) is 4.14. The number of nitrogens with one attached hydrogen (secondary N) is 1. The predicted molar refractivity (Wildman–Crippen MR) is 113 cm³/mol. The van der Waals surface area contributed by atoms with Gasteiger partial charge in [0.1, 0.15) is 17.1 Å². The van der Waals surface area contributed by atoms with Crippen LogP contribution in [0.15, 0.2) is 46.7 Å². The first-order valence-corrected chi connectivity index (χ1v) is 9.15. The SMILES string of the molecule is CCOc1ccc(/C(=C\c2ccc(OC)c(OC)c2)N/N=C(\C)C(F)(F)F)c(N=O)c1. The molecule has 0 heterocycles. The molecule has 0 radical (unpaired) electrons. The molecule has 0 atom stereocenters. The van der Waals surface area contributed by atoms with E-state index in [0.717, 1.165) is 6.92 Å². The molecule has 0 aliphatic rings. The second kappa shape index (κ2) is 10.5. The smallest absolute Gasteiger partial charge is 0.430 e. The van der Waals surface area contributed by atoms with Crippen molar-refractivity contribution in [1.29, 1.82) is 0 Å². The van der Waals surface area contributed by atoms with Crippen LogP contribution in [0.25, 0.3) is 11.8 Å². The first-order chi connectivity index (χ1) is 14.7. The highest BCUT2D eigenvalue weighted by atomic mass is 19.4. The molecule has 0 aliphatic heterocycles. The summed E-state index contributed by atoms with van der Waals surface area (Å²) in [4.78, 5) is 11.4. The fraction of sp³-hybridized carbons (Fsp3) is 0.286. The minimum atomic E-state index is -4.61. The maximum Gasteiger partial charge on any atom is 0.430 e. The monoisotopic (exact) mass is 437 g/mol. The van der Waals surface area contributed by atoms with E-state index in [1.54, 1.807) is 31.2 Å². The third kappa shape index (κ3) is 6.21. The number of methoxy groups -OCH3 is 2. The van der Waals surface area contributed by atoms with Crippen LogP contribution in [0.3, 0.4) is 0 Å². The number of ether oxygens (including phenoxy) is 3. The lowest BCUT2D eigenvalue weighted by Gasteiger charge is -2.13. The van der Waals surface area contributed by atoms with Crippen molar-refractivity contribution < 1.29 is 27.4 Å². The standard InChI is InChI=1S/C21H22F3N3O4/c1-5-31-15-7-8-16(18(12-15)27-28)17(26-25-13(2)21(22,23)24)10-14-6-9-19(29-3)20(11-14)30-4/h6-12,26H,5H2,1-4H3/b17-10+,25-13+. The number of rotatable bonds is 9. The molecule has 0 bridgehead atoms. The van der Waals surface area contributed by atoms with Gasteiger partial charge >= 0.3 is 6.18 Å². The molecule has 0 saturated carbocycles.